The highest BCUT2D eigenvalue weighted by molar-refractivity contribution is 5.95. The summed E-state index contributed by atoms with van der Waals surface area (Å²) < 4.78 is 0. The van der Waals surface area contributed by atoms with Gasteiger partial charge in [0, 0.05) is 31.3 Å². The summed E-state index contributed by atoms with van der Waals surface area (Å²) in [5.41, 5.74) is 1.08. The number of carboxylic acids is 1. The lowest BCUT2D eigenvalue weighted by atomic mass is 10.1. The van der Waals surface area contributed by atoms with Crippen molar-refractivity contribution in [3.8, 4) is 0 Å². The number of nitrogens with zero attached hydrogens (tertiary/aromatic N) is 1. The van der Waals surface area contributed by atoms with E-state index in [1.807, 2.05) is 0 Å². The average molecular weight is 278 g/mol. The maximum absolute atomic E-state index is 12.2. The number of carboxylic acid groups (broad SMARTS) is 1. The second-order valence-corrected chi connectivity index (χ2v) is 4.29. The van der Waals surface area contributed by atoms with Crippen molar-refractivity contribution in [2.45, 2.75) is 20.3 Å². The number of carbonyl (C=O) groups is 3. The highest BCUT2D eigenvalue weighted by Gasteiger charge is 2.15. The molecule has 6 heteroatoms. The van der Waals surface area contributed by atoms with Gasteiger partial charge in [-0.05, 0) is 31.2 Å². The van der Waals surface area contributed by atoms with E-state index in [-0.39, 0.29) is 24.8 Å². The molecule has 0 radical (unpaired) electrons. The minimum Gasteiger partial charge on any atom is -0.481 e. The lowest BCUT2D eigenvalue weighted by Gasteiger charge is -2.20. The van der Waals surface area contributed by atoms with Gasteiger partial charge >= 0.3 is 5.97 Å². The molecule has 0 fully saturated rings. The first-order valence-corrected chi connectivity index (χ1v) is 6.32. The molecule has 108 valence electrons. The summed E-state index contributed by atoms with van der Waals surface area (Å²) in [5.74, 6) is -1.33. The van der Waals surface area contributed by atoms with Crippen molar-refractivity contribution in [1.29, 1.82) is 0 Å². The predicted molar refractivity (Wildman–Crippen MR) is 74.6 cm³/mol. The molecule has 0 unspecified atom stereocenters. The van der Waals surface area contributed by atoms with Crippen molar-refractivity contribution in [1.82, 2.24) is 4.90 Å². The summed E-state index contributed by atoms with van der Waals surface area (Å²) >= 11 is 0. The number of hydrogen-bond donors (Lipinski definition) is 2. The van der Waals surface area contributed by atoms with E-state index >= 15 is 0 Å². The van der Waals surface area contributed by atoms with Crippen LogP contribution >= 0.6 is 0 Å². The Balaban J connectivity index is 2.74. The van der Waals surface area contributed by atoms with Crippen LogP contribution in [-0.4, -0.2) is 40.9 Å². The first-order valence-electron chi connectivity index (χ1n) is 6.32. The van der Waals surface area contributed by atoms with Gasteiger partial charge in [0.15, 0.2) is 0 Å². The van der Waals surface area contributed by atoms with E-state index in [1.54, 1.807) is 31.2 Å². The van der Waals surface area contributed by atoms with E-state index in [2.05, 4.69) is 5.32 Å². The fourth-order valence-electron chi connectivity index (χ4n) is 1.72. The van der Waals surface area contributed by atoms with Gasteiger partial charge in [0.1, 0.15) is 0 Å². The SMILES string of the molecule is CCN(CCC(=O)O)C(=O)c1ccc(NC(C)=O)cc1. The zero-order valence-corrected chi connectivity index (χ0v) is 11.5. The molecule has 0 heterocycles. The van der Waals surface area contributed by atoms with Crippen LogP contribution in [0.15, 0.2) is 24.3 Å². The lowest BCUT2D eigenvalue weighted by Crippen LogP contribution is -2.32. The van der Waals surface area contributed by atoms with E-state index in [1.165, 1.54) is 11.8 Å². The fraction of sp³-hybridized carbons (Fsp3) is 0.357. The van der Waals surface area contributed by atoms with Crippen LogP contribution in [0.3, 0.4) is 0 Å². The summed E-state index contributed by atoms with van der Waals surface area (Å²) in [6.07, 6.45) is -0.0798. The van der Waals surface area contributed by atoms with Gasteiger partial charge in [-0.15, -0.1) is 0 Å². The Morgan fingerprint density at radius 2 is 1.80 bits per heavy atom. The van der Waals surface area contributed by atoms with E-state index in [0.717, 1.165) is 0 Å². The van der Waals surface area contributed by atoms with Gasteiger partial charge in [-0.25, -0.2) is 0 Å². The van der Waals surface area contributed by atoms with Crippen LogP contribution in [-0.2, 0) is 9.59 Å². The molecular formula is C14H18N2O4. The molecule has 2 amide bonds. The predicted octanol–water partition coefficient (Wildman–Crippen LogP) is 1.58. The zero-order chi connectivity index (χ0) is 15.1. The molecule has 1 rings (SSSR count). The second-order valence-electron chi connectivity index (χ2n) is 4.29. The Kier molecular flexibility index (Phi) is 5.71. The monoisotopic (exact) mass is 278 g/mol. The third-order valence-corrected chi connectivity index (χ3v) is 2.72. The molecule has 0 aromatic heterocycles. The molecule has 2 N–H and O–H groups in total. The first-order chi connectivity index (χ1) is 9.43. The number of carbonyl (C=O) groups excluding carboxylic acids is 2. The number of aliphatic carboxylic acids is 1. The average Bonchev–Trinajstić information content (AvgIpc) is 2.39. The largest absolute Gasteiger partial charge is 0.481 e. The van der Waals surface area contributed by atoms with Gasteiger partial charge in [-0.1, -0.05) is 0 Å². The van der Waals surface area contributed by atoms with Gasteiger partial charge in [0.2, 0.25) is 5.91 Å². The molecular weight excluding hydrogens is 260 g/mol. The van der Waals surface area contributed by atoms with Gasteiger partial charge in [0.05, 0.1) is 6.42 Å². The van der Waals surface area contributed by atoms with Crippen molar-refractivity contribution in [2.24, 2.45) is 0 Å². The molecule has 0 saturated carbocycles. The van der Waals surface area contributed by atoms with E-state index in [4.69, 9.17) is 5.11 Å². The number of amides is 2. The van der Waals surface area contributed by atoms with Crippen molar-refractivity contribution >= 4 is 23.5 Å². The Hall–Kier alpha value is -2.37. The van der Waals surface area contributed by atoms with Gasteiger partial charge in [0.25, 0.3) is 5.91 Å². The van der Waals surface area contributed by atoms with Crippen LogP contribution < -0.4 is 5.32 Å². The summed E-state index contributed by atoms with van der Waals surface area (Å²) in [5, 5.41) is 11.3. The van der Waals surface area contributed by atoms with Crippen molar-refractivity contribution < 1.29 is 19.5 Å². The quantitative estimate of drug-likeness (QED) is 0.827. The van der Waals surface area contributed by atoms with Crippen LogP contribution in [0.4, 0.5) is 5.69 Å². The topological polar surface area (TPSA) is 86.7 Å². The molecule has 6 nitrogen and oxygen atoms in total. The van der Waals surface area contributed by atoms with Gasteiger partial charge in [-0.3, -0.25) is 14.4 Å². The minimum absolute atomic E-state index is 0.0798. The highest BCUT2D eigenvalue weighted by Crippen LogP contribution is 2.12. The summed E-state index contributed by atoms with van der Waals surface area (Å²) in [6, 6.07) is 6.49. The Morgan fingerprint density at radius 1 is 1.20 bits per heavy atom. The smallest absolute Gasteiger partial charge is 0.305 e. The fourth-order valence-corrected chi connectivity index (χ4v) is 1.72. The zero-order valence-electron chi connectivity index (χ0n) is 11.5. The standard InChI is InChI=1S/C14H18N2O4/c1-3-16(9-8-13(18)19)14(20)11-4-6-12(7-5-11)15-10(2)17/h4-7H,3,8-9H2,1-2H3,(H,15,17)(H,18,19). The molecule has 0 saturated heterocycles. The van der Waals surface area contributed by atoms with Crippen LogP contribution in [0.5, 0.6) is 0 Å². The first kappa shape index (κ1) is 15.7. The Labute approximate surface area is 117 Å². The van der Waals surface area contributed by atoms with Crippen molar-refractivity contribution in [3.63, 3.8) is 0 Å². The van der Waals surface area contributed by atoms with E-state index < -0.39 is 5.97 Å². The molecule has 0 aliphatic heterocycles. The Morgan fingerprint density at radius 3 is 2.25 bits per heavy atom. The van der Waals surface area contributed by atoms with Crippen molar-refractivity contribution in [3.05, 3.63) is 29.8 Å². The summed E-state index contributed by atoms with van der Waals surface area (Å²) in [6.45, 7) is 3.83. The van der Waals surface area contributed by atoms with E-state index in [0.29, 0.717) is 17.8 Å². The molecule has 0 aliphatic carbocycles. The second kappa shape index (κ2) is 7.28. The van der Waals surface area contributed by atoms with Crippen molar-refractivity contribution in [2.75, 3.05) is 18.4 Å². The highest BCUT2D eigenvalue weighted by atomic mass is 16.4. The maximum atomic E-state index is 12.2. The molecule has 0 aliphatic rings. The third kappa shape index (κ3) is 4.72. The molecule has 1 aromatic carbocycles. The molecule has 0 bridgehead atoms. The molecule has 1 aromatic rings. The van der Waals surface area contributed by atoms with Crippen LogP contribution in [0, 0.1) is 0 Å². The van der Waals surface area contributed by atoms with E-state index in [9.17, 15) is 14.4 Å². The molecule has 0 spiro atoms. The number of anilines is 1. The van der Waals surface area contributed by atoms with Gasteiger partial charge in [-0.2, -0.15) is 0 Å². The normalized spacial score (nSPS) is 9.90. The number of nitrogens with one attached hydrogen (secondary N) is 1. The molecule has 20 heavy (non-hydrogen) atoms. The maximum Gasteiger partial charge on any atom is 0.305 e. The third-order valence-electron chi connectivity index (χ3n) is 2.72. The number of hydrogen-bond acceptors (Lipinski definition) is 3. The van der Waals surface area contributed by atoms with Gasteiger partial charge < -0.3 is 15.3 Å². The lowest BCUT2D eigenvalue weighted by molar-refractivity contribution is -0.137. The Bertz CT molecular complexity index is 496. The number of benzene rings is 1. The van der Waals surface area contributed by atoms with Crippen LogP contribution in [0.2, 0.25) is 0 Å². The summed E-state index contributed by atoms with van der Waals surface area (Å²) in [7, 11) is 0. The van der Waals surface area contributed by atoms with Crippen LogP contribution in [0.25, 0.3) is 0 Å². The number of rotatable bonds is 6. The summed E-state index contributed by atoms with van der Waals surface area (Å²) in [4.78, 5) is 35.1. The van der Waals surface area contributed by atoms with Crippen LogP contribution in [0.1, 0.15) is 30.6 Å². The minimum atomic E-state index is -0.933. The molecule has 0 atom stereocenters.